The molecule has 2 saturated heterocycles. The Labute approximate surface area is 302 Å². The van der Waals surface area contributed by atoms with E-state index >= 15 is 4.39 Å². The van der Waals surface area contributed by atoms with E-state index < -0.39 is 84.3 Å². The van der Waals surface area contributed by atoms with E-state index in [2.05, 4.69) is 38.3 Å². The molecule has 0 saturated carbocycles. The average Bonchev–Trinajstić information content (AvgIpc) is 3.52. The molecule has 52 heavy (non-hydrogen) atoms. The van der Waals surface area contributed by atoms with Gasteiger partial charge in [-0.05, 0) is 61.8 Å². The molecule has 5 rings (SSSR count). The van der Waals surface area contributed by atoms with Crippen LogP contribution < -0.4 is 5.55 Å². The van der Waals surface area contributed by atoms with Crippen LogP contribution in [0.5, 0.6) is 0 Å². The lowest BCUT2D eigenvalue weighted by Gasteiger charge is -2.50. The SMILES string of the molecule is CC(=O)O[C@@H]1[C@H](OCc2cc3c(F)c(F)ccc3oc2=NS(=O)(=O)c2ccc(C)cc2)[C@@H](OC(C)=O)[C@]2(CCCO2)O[C@@H]1CO[Si](C)(C)C(C)(C)C. The van der Waals surface area contributed by atoms with Crippen molar-refractivity contribution in [2.45, 2.75) is 114 Å². The van der Waals surface area contributed by atoms with E-state index in [-0.39, 0.29) is 39.7 Å². The van der Waals surface area contributed by atoms with Crippen molar-refractivity contribution in [3.05, 3.63) is 70.8 Å². The van der Waals surface area contributed by atoms with E-state index in [0.29, 0.717) is 12.8 Å². The van der Waals surface area contributed by atoms with Crippen LogP contribution in [-0.2, 0) is 54.3 Å². The molecule has 16 heteroatoms. The van der Waals surface area contributed by atoms with E-state index in [1.54, 1.807) is 19.1 Å². The first-order chi connectivity index (χ1) is 24.2. The van der Waals surface area contributed by atoms with Crippen molar-refractivity contribution < 1.29 is 59.3 Å². The molecule has 3 aromatic rings. The number of carbonyl (C=O) groups excluding carboxylic acids is 2. The van der Waals surface area contributed by atoms with Gasteiger partial charge in [-0.3, -0.25) is 9.59 Å². The topological polar surface area (TPSA) is 149 Å². The first-order valence-corrected chi connectivity index (χ1v) is 21.3. The second-order valence-electron chi connectivity index (χ2n) is 14.6. The monoisotopic (exact) mass is 765 g/mol. The minimum atomic E-state index is -4.38. The number of carbonyl (C=O) groups is 2. The number of ether oxygens (including phenoxy) is 5. The number of esters is 2. The van der Waals surface area contributed by atoms with Gasteiger partial charge in [-0.15, -0.1) is 4.40 Å². The Kier molecular flexibility index (Phi) is 11.5. The van der Waals surface area contributed by atoms with Crippen molar-refractivity contribution in [2.75, 3.05) is 13.2 Å². The lowest BCUT2D eigenvalue weighted by molar-refractivity contribution is -0.356. The minimum absolute atomic E-state index is 0.0304. The number of benzene rings is 2. The Morgan fingerprint density at radius 2 is 1.69 bits per heavy atom. The number of hydrogen-bond acceptors (Lipinski definition) is 11. The fourth-order valence-electron chi connectivity index (χ4n) is 5.88. The molecule has 284 valence electrons. The highest BCUT2D eigenvalue weighted by Crippen LogP contribution is 2.44. The van der Waals surface area contributed by atoms with Gasteiger partial charge in [0, 0.05) is 25.8 Å². The van der Waals surface area contributed by atoms with E-state index in [4.69, 9.17) is 32.5 Å². The summed E-state index contributed by atoms with van der Waals surface area (Å²) < 4.78 is 103. The molecule has 2 aliphatic rings. The fraction of sp³-hybridized carbons (Fsp3) is 0.528. The van der Waals surface area contributed by atoms with Gasteiger partial charge in [0.05, 0.1) is 30.1 Å². The van der Waals surface area contributed by atoms with E-state index in [1.807, 2.05) is 0 Å². The van der Waals surface area contributed by atoms with Gasteiger partial charge < -0.3 is 32.5 Å². The van der Waals surface area contributed by atoms with Crippen LogP contribution in [-0.4, -0.2) is 72.1 Å². The molecule has 0 amide bonds. The molecule has 0 radical (unpaired) electrons. The largest absolute Gasteiger partial charge is 0.457 e. The molecule has 1 spiro atoms. The number of hydrogen-bond donors (Lipinski definition) is 0. The molecule has 1 aromatic heterocycles. The highest BCUT2D eigenvalue weighted by molar-refractivity contribution is 7.90. The first-order valence-electron chi connectivity index (χ1n) is 16.9. The number of aryl methyl sites for hydroxylation is 1. The zero-order valence-corrected chi connectivity index (χ0v) is 32.3. The second-order valence-corrected chi connectivity index (χ2v) is 21.0. The summed E-state index contributed by atoms with van der Waals surface area (Å²) in [7, 11) is -6.76. The predicted octanol–water partition coefficient (Wildman–Crippen LogP) is 5.98. The third-order valence-corrected chi connectivity index (χ3v) is 15.4. The highest BCUT2D eigenvalue weighted by atomic mass is 32.2. The Balaban J connectivity index is 1.63. The van der Waals surface area contributed by atoms with Crippen molar-refractivity contribution in [3.63, 3.8) is 0 Å². The van der Waals surface area contributed by atoms with Crippen LogP contribution in [0.2, 0.25) is 18.1 Å². The molecule has 2 fully saturated rings. The lowest BCUT2D eigenvalue weighted by Crippen LogP contribution is -2.68. The van der Waals surface area contributed by atoms with Crippen LogP contribution in [0.4, 0.5) is 8.78 Å². The highest BCUT2D eigenvalue weighted by Gasteiger charge is 2.61. The van der Waals surface area contributed by atoms with Gasteiger partial charge in [0.1, 0.15) is 17.8 Å². The normalized spacial score (nSPS) is 24.4. The third kappa shape index (κ3) is 8.47. The minimum Gasteiger partial charge on any atom is -0.457 e. The van der Waals surface area contributed by atoms with E-state index in [0.717, 1.165) is 17.7 Å². The number of halogens is 2. The summed E-state index contributed by atoms with van der Waals surface area (Å²) in [6.07, 6.45) is -3.94. The summed E-state index contributed by atoms with van der Waals surface area (Å²) in [4.78, 5) is 25.0. The molecule has 0 unspecified atom stereocenters. The maximum absolute atomic E-state index is 15.1. The average molecular weight is 766 g/mol. The Hall–Kier alpha value is -3.54. The smallest absolute Gasteiger partial charge is 0.303 e. The molecule has 12 nitrogen and oxygen atoms in total. The van der Waals surface area contributed by atoms with E-state index in [1.165, 1.54) is 32.0 Å². The van der Waals surface area contributed by atoms with Gasteiger partial charge in [0.2, 0.25) is 11.3 Å². The van der Waals surface area contributed by atoms with Gasteiger partial charge >= 0.3 is 11.9 Å². The number of fused-ring (bicyclic) bond motifs is 1. The zero-order chi connectivity index (χ0) is 38.2. The van der Waals surface area contributed by atoms with Crippen LogP contribution in [0.1, 0.15) is 58.6 Å². The summed E-state index contributed by atoms with van der Waals surface area (Å²) in [6.45, 7) is 14.2. The summed E-state index contributed by atoms with van der Waals surface area (Å²) in [5, 5.41) is -0.481. The molecule has 0 bridgehead atoms. The molecular formula is C36H45F2NO11SSi. The summed E-state index contributed by atoms with van der Waals surface area (Å²) >= 11 is 0. The molecule has 2 aromatic carbocycles. The van der Waals surface area contributed by atoms with Gasteiger partial charge in [-0.1, -0.05) is 38.5 Å². The zero-order valence-electron chi connectivity index (χ0n) is 30.5. The Morgan fingerprint density at radius 3 is 2.29 bits per heavy atom. The summed E-state index contributed by atoms with van der Waals surface area (Å²) in [5.74, 6) is -5.31. The summed E-state index contributed by atoms with van der Waals surface area (Å²) in [5.41, 5.74) is 0.0732. The Morgan fingerprint density at radius 1 is 1.02 bits per heavy atom. The number of nitrogens with zero attached hydrogens (tertiary/aromatic N) is 1. The lowest BCUT2D eigenvalue weighted by atomic mass is 9.90. The van der Waals surface area contributed by atoms with Crippen LogP contribution in [0.25, 0.3) is 11.0 Å². The van der Waals surface area contributed by atoms with Gasteiger partial charge in [0.25, 0.3) is 10.0 Å². The molecule has 5 atom stereocenters. The quantitative estimate of drug-likeness (QED) is 0.177. The summed E-state index contributed by atoms with van der Waals surface area (Å²) in [6, 6.07) is 9.12. The molecular weight excluding hydrogens is 721 g/mol. The number of rotatable bonds is 10. The van der Waals surface area contributed by atoms with Crippen LogP contribution in [0.3, 0.4) is 0 Å². The van der Waals surface area contributed by atoms with Gasteiger partial charge in [0.15, 0.2) is 32.2 Å². The van der Waals surface area contributed by atoms with Crippen LogP contribution in [0.15, 0.2) is 56.2 Å². The Bertz CT molecular complexity index is 1990. The standard InChI is InChI=1S/C36H45F2NO11SSi/c1-21-10-12-25(13-11-21)51(42,43)39-34-24(18-26-28(49-34)15-14-27(37)30(26)38)19-44-32-31(47-22(2)40)29(20-46-52(7,8)35(4,5)6)50-36(16-9-17-45-36)33(32)48-23(3)41/h10-15,18,29,31-33H,9,16-17,19-20H2,1-8H3/t29-,31+,32+,33-,36+/m1/s1. The molecule has 2 aliphatic heterocycles. The van der Waals surface area contributed by atoms with Crippen molar-refractivity contribution in [1.82, 2.24) is 0 Å². The van der Waals surface area contributed by atoms with Gasteiger partial charge in [-0.25, -0.2) is 8.78 Å². The van der Waals surface area contributed by atoms with Crippen LogP contribution in [0, 0.1) is 18.6 Å². The van der Waals surface area contributed by atoms with Gasteiger partial charge in [-0.2, -0.15) is 8.42 Å². The molecule has 3 heterocycles. The molecule has 0 aliphatic carbocycles. The maximum atomic E-state index is 15.1. The van der Waals surface area contributed by atoms with Crippen molar-refractivity contribution in [3.8, 4) is 0 Å². The fourth-order valence-corrected chi connectivity index (χ4v) is 7.85. The third-order valence-electron chi connectivity index (χ3n) is 9.64. The van der Waals surface area contributed by atoms with Crippen LogP contribution >= 0.6 is 0 Å². The van der Waals surface area contributed by atoms with E-state index in [9.17, 15) is 22.4 Å². The predicted molar refractivity (Wildman–Crippen MR) is 186 cm³/mol. The van der Waals surface area contributed by atoms with Crippen molar-refractivity contribution in [1.29, 1.82) is 0 Å². The maximum Gasteiger partial charge on any atom is 0.303 e. The molecule has 0 N–H and O–H groups in total. The second kappa shape index (κ2) is 15.1. The van der Waals surface area contributed by atoms with Crippen molar-refractivity contribution in [2.24, 2.45) is 4.40 Å². The number of sulfonamides is 1. The first kappa shape index (κ1) is 39.7. The van der Waals surface area contributed by atoms with Crippen molar-refractivity contribution >= 4 is 41.2 Å².